The Kier molecular flexibility index (Phi) is 5.89. The number of aryl methyl sites for hydroxylation is 1. The van der Waals surface area contributed by atoms with E-state index < -0.39 is 0 Å². The van der Waals surface area contributed by atoms with Gasteiger partial charge in [-0.3, -0.25) is 9.59 Å². The van der Waals surface area contributed by atoms with E-state index in [0.29, 0.717) is 23.5 Å². The van der Waals surface area contributed by atoms with Crippen LogP contribution in [0, 0.1) is 5.41 Å². The van der Waals surface area contributed by atoms with Gasteiger partial charge in [0, 0.05) is 23.9 Å². The van der Waals surface area contributed by atoms with E-state index in [2.05, 4.69) is 12.1 Å². The van der Waals surface area contributed by atoms with Crippen LogP contribution in [0.1, 0.15) is 51.8 Å². The highest BCUT2D eigenvalue weighted by atomic mass is 32.1. The molecule has 0 aliphatic carbocycles. The van der Waals surface area contributed by atoms with Crippen molar-refractivity contribution in [2.75, 3.05) is 19.7 Å². The largest absolute Gasteiger partial charge is 0.396 e. The van der Waals surface area contributed by atoms with Crippen LogP contribution in [0.25, 0.3) is 0 Å². The average molecular weight is 372 g/mol. The molecule has 1 saturated heterocycles. The van der Waals surface area contributed by atoms with Crippen molar-refractivity contribution in [2.45, 2.75) is 32.6 Å². The van der Waals surface area contributed by atoms with Crippen molar-refractivity contribution in [1.29, 1.82) is 0 Å². The van der Waals surface area contributed by atoms with Crippen LogP contribution in [0.4, 0.5) is 0 Å². The van der Waals surface area contributed by atoms with E-state index in [4.69, 9.17) is 0 Å². The fourth-order valence-corrected chi connectivity index (χ4v) is 4.45. The van der Waals surface area contributed by atoms with Gasteiger partial charge in [-0.2, -0.15) is 0 Å². The lowest BCUT2D eigenvalue weighted by Gasteiger charge is -2.42. The molecular weight excluding hydrogens is 346 g/mol. The number of amides is 1. The first-order chi connectivity index (χ1) is 12.5. The van der Waals surface area contributed by atoms with Gasteiger partial charge in [-0.05, 0) is 44.2 Å². The zero-order chi connectivity index (χ0) is 18.6. The lowest BCUT2D eigenvalue weighted by molar-refractivity contribution is 0.0228. The first-order valence-corrected chi connectivity index (χ1v) is 9.94. The molecule has 1 fully saturated rings. The number of aliphatic hydroxyl groups is 1. The molecule has 3 rings (SSSR count). The van der Waals surface area contributed by atoms with Gasteiger partial charge < -0.3 is 10.0 Å². The smallest absolute Gasteiger partial charge is 0.254 e. The topological polar surface area (TPSA) is 57.6 Å². The SMILES string of the molecule is CC(=O)c1cc(C(=O)N2CCCC(CO)(CCc3ccccc3)C2)cs1. The van der Waals surface area contributed by atoms with E-state index in [1.807, 2.05) is 23.1 Å². The van der Waals surface area contributed by atoms with Crippen LogP contribution >= 0.6 is 11.3 Å². The summed E-state index contributed by atoms with van der Waals surface area (Å²) < 4.78 is 0. The van der Waals surface area contributed by atoms with Crippen LogP contribution < -0.4 is 0 Å². The standard InChI is InChI=1S/C21H25NO3S/c1-16(24)19-12-18(13-26-19)20(25)22-11-5-9-21(14-22,15-23)10-8-17-6-3-2-4-7-17/h2-4,6-7,12-13,23H,5,8-11,14-15H2,1H3. The van der Waals surface area contributed by atoms with Crippen LogP contribution in [-0.4, -0.2) is 41.4 Å². The van der Waals surface area contributed by atoms with Gasteiger partial charge in [0.2, 0.25) is 0 Å². The predicted octanol–water partition coefficient (Wildman–Crippen LogP) is 3.80. The molecule has 0 radical (unpaired) electrons. The number of carbonyl (C=O) groups is 2. The number of thiophene rings is 1. The molecule has 1 aromatic heterocycles. The number of hydrogen-bond donors (Lipinski definition) is 1. The summed E-state index contributed by atoms with van der Waals surface area (Å²) in [6, 6.07) is 12.0. The molecular formula is C21H25NO3S. The van der Waals surface area contributed by atoms with Crippen molar-refractivity contribution in [3.05, 3.63) is 57.8 Å². The molecule has 0 spiro atoms. The van der Waals surface area contributed by atoms with E-state index in [0.717, 1.165) is 25.7 Å². The third-order valence-electron chi connectivity index (χ3n) is 5.26. The van der Waals surface area contributed by atoms with Crippen LogP contribution in [-0.2, 0) is 6.42 Å². The highest BCUT2D eigenvalue weighted by Crippen LogP contribution is 2.35. The Morgan fingerprint density at radius 2 is 2.04 bits per heavy atom. The van der Waals surface area contributed by atoms with Crippen molar-refractivity contribution in [3.63, 3.8) is 0 Å². The predicted molar refractivity (Wildman–Crippen MR) is 104 cm³/mol. The zero-order valence-electron chi connectivity index (χ0n) is 15.1. The summed E-state index contributed by atoms with van der Waals surface area (Å²) >= 11 is 1.32. The number of carbonyl (C=O) groups excluding carboxylic acids is 2. The molecule has 1 amide bonds. The van der Waals surface area contributed by atoms with Gasteiger partial charge in [-0.25, -0.2) is 0 Å². The lowest BCUT2D eigenvalue weighted by Crippen LogP contribution is -2.48. The van der Waals surface area contributed by atoms with E-state index in [9.17, 15) is 14.7 Å². The first-order valence-electron chi connectivity index (χ1n) is 9.06. The highest BCUT2D eigenvalue weighted by molar-refractivity contribution is 7.12. The number of benzene rings is 1. The number of aliphatic hydroxyl groups excluding tert-OH is 1. The molecule has 2 aromatic rings. The van der Waals surface area contributed by atoms with Gasteiger partial charge in [0.25, 0.3) is 5.91 Å². The average Bonchev–Trinajstić information content (AvgIpc) is 3.17. The third-order valence-corrected chi connectivity index (χ3v) is 6.30. The van der Waals surface area contributed by atoms with Crippen LogP contribution in [0.2, 0.25) is 0 Å². The molecule has 1 N–H and O–H groups in total. The maximum absolute atomic E-state index is 12.9. The maximum atomic E-state index is 12.9. The molecule has 26 heavy (non-hydrogen) atoms. The van der Waals surface area contributed by atoms with Crippen molar-refractivity contribution in [2.24, 2.45) is 5.41 Å². The minimum atomic E-state index is -0.247. The van der Waals surface area contributed by atoms with Gasteiger partial charge >= 0.3 is 0 Å². The van der Waals surface area contributed by atoms with Crippen molar-refractivity contribution >= 4 is 23.0 Å². The maximum Gasteiger partial charge on any atom is 0.254 e. The molecule has 0 saturated carbocycles. The van der Waals surface area contributed by atoms with Crippen molar-refractivity contribution in [1.82, 2.24) is 4.90 Å². The Labute approximate surface area is 158 Å². The minimum Gasteiger partial charge on any atom is -0.396 e. The van der Waals surface area contributed by atoms with Crippen molar-refractivity contribution in [3.8, 4) is 0 Å². The first kappa shape index (κ1) is 18.8. The fraction of sp³-hybridized carbons (Fsp3) is 0.429. The molecule has 4 nitrogen and oxygen atoms in total. The summed E-state index contributed by atoms with van der Waals surface area (Å²) in [7, 11) is 0. The summed E-state index contributed by atoms with van der Waals surface area (Å²) in [6.45, 7) is 2.88. The summed E-state index contributed by atoms with van der Waals surface area (Å²) in [5.74, 6) is -0.0498. The van der Waals surface area contributed by atoms with Gasteiger partial charge in [0.05, 0.1) is 17.0 Å². The van der Waals surface area contributed by atoms with Gasteiger partial charge in [-0.1, -0.05) is 30.3 Å². The Hall–Kier alpha value is -1.98. The van der Waals surface area contributed by atoms with E-state index in [1.165, 1.54) is 23.8 Å². The number of hydrogen-bond acceptors (Lipinski definition) is 4. The molecule has 5 heteroatoms. The molecule has 1 aliphatic heterocycles. The van der Waals surface area contributed by atoms with Gasteiger partial charge in [0.15, 0.2) is 5.78 Å². The van der Waals surface area contributed by atoms with Crippen LogP contribution in [0.3, 0.4) is 0 Å². The number of ketones is 1. The van der Waals surface area contributed by atoms with Crippen LogP contribution in [0.15, 0.2) is 41.8 Å². The second kappa shape index (κ2) is 8.14. The second-order valence-electron chi connectivity index (χ2n) is 7.23. The zero-order valence-corrected chi connectivity index (χ0v) is 15.9. The quantitative estimate of drug-likeness (QED) is 0.786. The van der Waals surface area contributed by atoms with Gasteiger partial charge in [-0.15, -0.1) is 11.3 Å². The van der Waals surface area contributed by atoms with Crippen molar-refractivity contribution < 1.29 is 14.7 Å². The summed E-state index contributed by atoms with van der Waals surface area (Å²) in [4.78, 5) is 26.8. The summed E-state index contributed by atoms with van der Waals surface area (Å²) in [5.41, 5.74) is 1.59. The molecule has 1 aromatic carbocycles. The third kappa shape index (κ3) is 4.22. The Bertz CT molecular complexity index is 771. The molecule has 1 atom stereocenters. The number of likely N-dealkylation sites (tertiary alicyclic amines) is 1. The molecule has 1 unspecified atom stereocenters. The van der Waals surface area contributed by atoms with Crippen LogP contribution in [0.5, 0.6) is 0 Å². The summed E-state index contributed by atoms with van der Waals surface area (Å²) in [5, 5.41) is 11.8. The Morgan fingerprint density at radius 3 is 2.69 bits per heavy atom. The summed E-state index contributed by atoms with van der Waals surface area (Å²) in [6.07, 6.45) is 3.59. The number of rotatable bonds is 6. The van der Waals surface area contributed by atoms with E-state index >= 15 is 0 Å². The number of Topliss-reactive ketones (excluding diaryl/α,β-unsaturated/α-hetero) is 1. The highest BCUT2D eigenvalue weighted by Gasteiger charge is 2.36. The normalized spacial score (nSPS) is 20.2. The second-order valence-corrected chi connectivity index (χ2v) is 8.14. The number of nitrogens with zero attached hydrogens (tertiary/aromatic N) is 1. The Balaban J connectivity index is 1.69. The monoisotopic (exact) mass is 371 g/mol. The van der Waals surface area contributed by atoms with E-state index in [1.54, 1.807) is 11.4 Å². The van der Waals surface area contributed by atoms with Gasteiger partial charge in [0.1, 0.15) is 0 Å². The molecule has 138 valence electrons. The molecule has 0 bridgehead atoms. The molecule has 1 aliphatic rings. The Morgan fingerprint density at radius 1 is 1.27 bits per heavy atom. The lowest BCUT2D eigenvalue weighted by atomic mass is 9.76. The van der Waals surface area contributed by atoms with E-state index in [-0.39, 0.29) is 23.7 Å². The fourth-order valence-electron chi connectivity index (χ4n) is 3.66. The molecule has 2 heterocycles. The minimum absolute atomic E-state index is 0.0136. The number of piperidine rings is 1.